The molecule has 24 heavy (non-hydrogen) atoms. The number of esters is 1. The minimum absolute atomic E-state index is 0.185. The van der Waals surface area contributed by atoms with Crippen LogP contribution in [0, 0.1) is 19.8 Å². The van der Waals surface area contributed by atoms with Gasteiger partial charge in [-0.25, -0.2) is 0 Å². The molecule has 5 heteroatoms. The fourth-order valence-electron chi connectivity index (χ4n) is 2.97. The van der Waals surface area contributed by atoms with Gasteiger partial charge in [0.25, 0.3) is 5.91 Å². The first-order chi connectivity index (χ1) is 11.5. The molecule has 0 aliphatic heterocycles. The van der Waals surface area contributed by atoms with E-state index in [2.05, 4.69) is 18.3 Å². The standard InChI is InChI=1S/C19H27NO3S/c1-13-8-9-15(3)17(10-13)24-12-19(22)23-11-18(21)20-16-7-5-4-6-14(16)2/h8-10,14,16H,4-7,11-12H2,1-3H3,(H,20,21)/t14-,16-/m1/s1. The van der Waals surface area contributed by atoms with Crippen molar-refractivity contribution in [2.24, 2.45) is 5.92 Å². The molecule has 0 bridgehead atoms. The van der Waals surface area contributed by atoms with Crippen LogP contribution in [0.15, 0.2) is 23.1 Å². The molecule has 132 valence electrons. The summed E-state index contributed by atoms with van der Waals surface area (Å²) in [5, 5.41) is 2.99. The molecule has 1 amide bonds. The molecule has 1 fully saturated rings. The highest BCUT2D eigenvalue weighted by Gasteiger charge is 2.23. The van der Waals surface area contributed by atoms with E-state index in [1.54, 1.807) is 0 Å². The molecule has 0 unspecified atom stereocenters. The SMILES string of the molecule is Cc1ccc(C)c(SCC(=O)OCC(=O)N[C@@H]2CCCC[C@H]2C)c1. The van der Waals surface area contributed by atoms with Crippen molar-refractivity contribution in [3.63, 3.8) is 0 Å². The van der Waals surface area contributed by atoms with Gasteiger partial charge in [0.2, 0.25) is 0 Å². The zero-order valence-electron chi connectivity index (χ0n) is 14.8. The van der Waals surface area contributed by atoms with Gasteiger partial charge < -0.3 is 10.1 Å². The first-order valence-corrected chi connectivity index (χ1v) is 9.59. The molecule has 2 rings (SSSR count). The minimum atomic E-state index is -0.354. The number of hydrogen-bond acceptors (Lipinski definition) is 4. The number of amides is 1. The quantitative estimate of drug-likeness (QED) is 0.629. The maximum Gasteiger partial charge on any atom is 0.316 e. The first kappa shape index (κ1) is 18.8. The molecule has 0 saturated heterocycles. The third kappa shape index (κ3) is 5.86. The molecule has 1 aliphatic carbocycles. The highest BCUT2D eigenvalue weighted by molar-refractivity contribution is 8.00. The number of thioether (sulfide) groups is 1. The lowest BCUT2D eigenvalue weighted by Gasteiger charge is -2.29. The zero-order valence-corrected chi connectivity index (χ0v) is 15.6. The van der Waals surface area contributed by atoms with E-state index in [0.29, 0.717) is 5.92 Å². The van der Waals surface area contributed by atoms with E-state index in [9.17, 15) is 9.59 Å². The van der Waals surface area contributed by atoms with Gasteiger partial charge in [-0.2, -0.15) is 0 Å². The van der Waals surface area contributed by atoms with Crippen LogP contribution in [0.25, 0.3) is 0 Å². The lowest BCUT2D eigenvalue weighted by atomic mass is 9.86. The average molecular weight is 349 g/mol. The third-order valence-corrected chi connectivity index (χ3v) is 5.64. The van der Waals surface area contributed by atoms with Crippen molar-refractivity contribution in [1.82, 2.24) is 5.32 Å². The number of aryl methyl sites for hydroxylation is 2. The van der Waals surface area contributed by atoms with Crippen LogP contribution in [-0.2, 0) is 14.3 Å². The fraction of sp³-hybridized carbons (Fsp3) is 0.579. The van der Waals surface area contributed by atoms with Crippen LogP contribution in [0.5, 0.6) is 0 Å². The van der Waals surface area contributed by atoms with Crippen LogP contribution in [0.4, 0.5) is 0 Å². The Morgan fingerprint density at radius 1 is 1.25 bits per heavy atom. The normalized spacial score (nSPS) is 20.5. The Morgan fingerprint density at radius 3 is 2.75 bits per heavy atom. The molecule has 0 aromatic heterocycles. The molecule has 0 heterocycles. The number of hydrogen-bond donors (Lipinski definition) is 1. The number of carbonyl (C=O) groups excluding carboxylic acids is 2. The molecule has 1 saturated carbocycles. The van der Waals surface area contributed by atoms with Crippen LogP contribution in [0.2, 0.25) is 0 Å². The van der Waals surface area contributed by atoms with E-state index in [4.69, 9.17) is 4.74 Å². The summed E-state index contributed by atoms with van der Waals surface area (Å²) in [4.78, 5) is 24.9. The Hall–Kier alpha value is -1.49. The van der Waals surface area contributed by atoms with Crippen molar-refractivity contribution >= 4 is 23.6 Å². The van der Waals surface area contributed by atoms with Gasteiger partial charge in [0.15, 0.2) is 6.61 Å². The van der Waals surface area contributed by atoms with Crippen molar-refractivity contribution < 1.29 is 14.3 Å². The summed E-state index contributed by atoms with van der Waals surface area (Å²) in [5.74, 6) is 0.169. The topological polar surface area (TPSA) is 55.4 Å². The third-order valence-electron chi connectivity index (χ3n) is 4.51. The summed E-state index contributed by atoms with van der Waals surface area (Å²) in [6, 6.07) is 6.37. The van der Waals surface area contributed by atoms with Gasteiger partial charge in [-0.1, -0.05) is 37.5 Å². The van der Waals surface area contributed by atoms with Gasteiger partial charge in [0.05, 0.1) is 5.75 Å². The van der Waals surface area contributed by atoms with E-state index < -0.39 is 0 Å². The predicted molar refractivity (Wildman–Crippen MR) is 97.2 cm³/mol. The molecule has 4 nitrogen and oxygen atoms in total. The van der Waals surface area contributed by atoms with Gasteiger partial charge in [0.1, 0.15) is 0 Å². The second-order valence-corrected chi connectivity index (χ2v) is 7.67. The molecule has 1 N–H and O–H groups in total. The summed E-state index contributed by atoms with van der Waals surface area (Å²) >= 11 is 1.45. The van der Waals surface area contributed by atoms with Gasteiger partial charge in [-0.05, 0) is 44.2 Å². The van der Waals surface area contributed by atoms with E-state index in [0.717, 1.165) is 35.3 Å². The van der Waals surface area contributed by atoms with Gasteiger partial charge >= 0.3 is 5.97 Å². The number of rotatable bonds is 6. The van der Waals surface area contributed by atoms with Crippen LogP contribution >= 0.6 is 11.8 Å². The summed E-state index contributed by atoms with van der Waals surface area (Å²) in [5.41, 5.74) is 2.31. The molecular formula is C19H27NO3S. The Balaban J connectivity index is 1.70. The monoisotopic (exact) mass is 349 g/mol. The molecule has 1 aliphatic rings. The largest absolute Gasteiger partial charge is 0.455 e. The molecule has 2 atom stereocenters. The van der Waals surface area contributed by atoms with Gasteiger partial charge in [-0.3, -0.25) is 9.59 Å². The molecular weight excluding hydrogens is 322 g/mol. The summed E-state index contributed by atoms with van der Waals surface area (Å²) < 4.78 is 5.10. The summed E-state index contributed by atoms with van der Waals surface area (Å²) in [6.07, 6.45) is 4.56. The zero-order chi connectivity index (χ0) is 17.5. The predicted octanol–water partition coefficient (Wildman–Crippen LogP) is 3.63. The fourth-order valence-corrected chi connectivity index (χ4v) is 3.89. The second-order valence-electron chi connectivity index (χ2n) is 6.65. The Bertz CT molecular complexity index is 588. The number of ether oxygens (including phenoxy) is 1. The Kier molecular flexibility index (Phi) is 7.16. The average Bonchev–Trinajstić information content (AvgIpc) is 2.56. The number of carbonyl (C=O) groups is 2. The second kappa shape index (κ2) is 9.11. The van der Waals surface area contributed by atoms with E-state index in [1.807, 2.05) is 26.0 Å². The van der Waals surface area contributed by atoms with E-state index >= 15 is 0 Å². The van der Waals surface area contributed by atoms with E-state index in [1.165, 1.54) is 18.2 Å². The molecule has 0 radical (unpaired) electrons. The van der Waals surface area contributed by atoms with Crippen molar-refractivity contribution in [3.8, 4) is 0 Å². The van der Waals surface area contributed by atoms with Gasteiger partial charge in [-0.15, -0.1) is 11.8 Å². The molecule has 1 aromatic carbocycles. The van der Waals surface area contributed by atoms with Crippen molar-refractivity contribution in [2.45, 2.75) is 57.4 Å². The number of benzene rings is 1. The first-order valence-electron chi connectivity index (χ1n) is 8.60. The Labute approximate surface area is 148 Å². The van der Waals surface area contributed by atoms with Gasteiger partial charge in [0, 0.05) is 10.9 Å². The van der Waals surface area contributed by atoms with Crippen LogP contribution in [-0.4, -0.2) is 30.3 Å². The van der Waals surface area contributed by atoms with Crippen molar-refractivity contribution in [2.75, 3.05) is 12.4 Å². The van der Waals surface area contributed by atoms with Crippen molar-refractivity contribution in [1.29, 1.82) is 0 Å². The van der Waals surface area contributed by atoms with Crippen molar-refractivity contribution in [3.05, 3.63) is 29.3 Å². The molecule has 1 aromatic rings. The smallest absolute Gasteiger partial charge is 0.316 e. The lowest BCUT2D eigenvalue weighted by Crippen LogP contribution is -2.43. The Morgan fingerprint density at radius 2 is 2.00 bits per heavy atom. The lowest BCUT2D eigenvalue weighted by molar-refractivity contribution is -0.146. The maximum atomic E-state index is 11.9. The highest BCUT2D eigenvalue weighted by Crippen LogP contribution is 2.24. The molecule has 0 spiro atoms. The highest BCUT2D eigenvalue weighted by atomic mass is 32.2. The minimum Gasteiger partial charge on any atom is -0.455 e. The number of nitrogens with one attached hydrogen (secondary N) is 1. The van der Waals surface area contributed by atoms with Crippen LogP contribution < -0.4 is 5.32 Å². The van der Waals surface area contributed by atoms with Crippen LogP contribution in [0.1, 0.15) is 43.7 Å². The van der Waals surface area contributed by atoms with E-state index in [-0.39, 0.29) is 30.3 Å². The van der Waals surface area contributed by atoms with Crippen LogP contribution in [0.3, 0.4) is 0 Å². The summed E-state index contributed by atoms with van der Waals surface area (Å²) in [6.45, 7) is 6.02. The maximum absolute atomic E-state index is 11.9. The summed E-state index contributed by atoms with van der Waals surface area (Å²) in [7, 11) is 0.